The summed E-state index contributed by atoms with van der Waals surface area (Å²) in [5.74, 6) is 1.65. The number of rotatable bonds is 3. The quantitative estimate of drug-likeness (QED) is 0.903. The minimum absolute atomic E-state index is 0.296. The Bertz CT molecular complexity index is 446. The van der Waals surface area contributed by atoms with Crippen molar-refractivity contribution in [2.45, 2.75) is 32.2 Å². The number of nitrogens with zero attached hydrogens (tertiary/aromatic N) is 1. The molecule has 0 saturated carbocycles. The van der Waals surface area contributed by atoms with Crippen LogP contribution in [0.4, 0.5) is 0 Å². The van der Waals surface area contributed by atoms with Crippen LogP contribution in [-0.2, 0) is 11.2 Å². The molecule has 0 amide bonds. The summed E-state index contributed by atoms with van der Waals surface area (Å²) in [5.41, 5.74) is 2.54. The highest BCUT2D eigenvalue weighted by atomic mass is 16.5. The predicted octanol–water partition coefficient (Wildman–Crippen LogP) is 2.39. The van der Waals surface area contributed by atoms with E-state index in [0.717, 1.165) is 17.4 Å². The lowest BCUT2D eigenvalue weighted by Gasteiger charge is -2.22. The van der Waals surface area contributed by atoms with Crippen LogP contribution in [0.25, 0.3) is 0 Å². The van der Waals surface area contributed by atoms with E-state index >= 15 is 0 Å². The molecular weight excluding hydrogens is 236 g/mol. The Morgan fingerprint density at radius 3 is 2.58 bits per heavy atom. The van der Waals surface area contributed by atoms with Crippen LogP contribution in [0.2, 0.25) is 0 Å². The number of hydrogen-bond acceptors (Lipinski definition) is 3. The molecule has 3 rings (SSSR count). The van der Waals surface area contributed by atoms with Crippen LogP contribution in [-0.4, -0.2) is 31.6 Å². The Kier molecular flexibility index (Phi) is 3.83. The number of ether oxygens (including phenoxy) is 1. The molecule has 1 aromatic rings. The second kappa shape index (κ2) is 5.74. The van der Waals surface area contributed by atoms with Gasteiger partial charge in [-0.05, 0) is 62.9 Å². The van der Waals surface area contributed by atoms with Gasteiger partial charge < -0.3 is 10.1 Å². The molecule has 0 aromatic heterocycles. The topological polar surface area (TPSA) is 33.6 Å². The maximum atomic E-state index is 5.58. The number of hydrogen-bond donors (Lipinski definition) is 1. The minimum Gasteiger partial charge on any atom is -0.475 e. The lowest BCUT2D eigenvalue weighted by atomic mass is 9.91. The summed E-state index contributed by atoms with van der Waals surface area (Å²) in [6, 6.07) is 9.04. The van der Waals surface area contributed by atoms with E-state index in [0.29, 0.717) is 12.6 Å². The summed E-state index contributed by atoms with van der Waals surface area (Å²) in [4.78, 5) is 4.49. The zero-order chi connectivity index (χ0) is 13.1. The maximum absolute atomic E-state index is 5.58. The molecule has 0 bridgehead atoms. The second-order valence-electron chi connectivity index (χ2n) is 5.69. The van der Waals surface area contributed by atoms with Crippen molar-refractivity contribution in [3.8, 4) is 0 Å². The van der Waals surface area contributed by atoms with Crippen molar-refractivity contribution < 1.29 is 4.74 Å². The van der Waals surface area contributed by atoms with E-state index in [2.05, 4.69) is 41.5 Å². The van der Waals surface area contributed by atoms with Gasteiger partial charge in [-0.25, -0.2) is 4.99 Å². The van der Waals surface area contributed by atoms with Crippen LogP contribution in [0.3, 0.4) is 0 Å². The first kappa shape index (κ1) is 12.7. The van der Waals surface area contributed by atoms with Crippen LogP contribution in [0, 0.1) is 5.92 Å². The maximum Gasteiger partial charge on any atom is 0.216 e. The Morgan fingerprint density at radius 2 is 1.95 bits per heavy atom. The standard InChI is InChI=1S/C16H22N2O/c1-12-11-19-16(18-12)15-4-2-13(3-5-15)10-14-6-8-17-9-7-14/h2-5,12,14,17H,6-11H2,1H3. The highest BCUT2D eigenvalue weighted by Crippen LogP contribution is 2.19. The van der Waals surface area contributed by atoms with Crippen LogP contribution >= 0.6 is 0 Å². The summed E-state index contributed by atoms with van der Waals surface area (Å²) < 4.78 is 5.58. The van der Waals surface area contributed by atoms with Gasteiger partial charge in [-0.1, -0.05) is 12.1 Å². The first-order valence-corrected chi connectivity index (χ1v) is 7.32. The van der Waals surface area contributed by atoms with Gasteiger partial charge in [-0.15, -0.1) is 0 Å². The average Bonchev–Trinajstić information content (AvgIpc) is 2.87. The molecule has 102 valence electrons. The van der Waals surface area contributed by atoms with Crippen molar-refractivity contribution in [3.63, 3.8) is 0 Å². The van der Waals surface area contributed by atoms with Crippen molar-refractivity contribution in [1.29, 1.82) is 0 Å². The van der Waals surface area contributed by atoms with Crippen LogP contribution in [0.1, 0.15) is 30.9 Å². The predicted molar refractivity (Wildman–Crippen MR) is 77.7 cm³/mol. The van der Waals surface area contributed by atoms with Gasteiger partial charge >= 0.3 is 0 Å². The summed E-state index contributed by atoms with van der Waals surface area (Å²) in [6.45, 7) is 5.14. The Morgan fingerprint density at radius 1 is 1.21 bits per heavy atom. The fraction of sp³-hybridized carbons (Fsp3) is 0.562. The van der Waals surface area contributed by atoms with E-state index in [1.807, 2.05) is 0 Å². The van der Waals surface area contributed by atoms with Crippen molar-refractivity contribution in [2.24, 2.45) is 10.9 Å². The lowest BCUT2D eigenvalue weighted by molar-refractivity contribution is 0.324. The summed E-state index contributed by atoms with van der Waals surface area (Å²) in [7, 11) is 0. The fourth-order valence-corrected chi connectivity index (χ4v) is 2.83. The molecule has 0 spiro atoms. The first-order valence-electron chi connectivity index (χ1n) is 7.32. The molecule has 1 N–H and O–H groups in total. The van der Waals surface area contributed by atoms with Crippen molar-refractivity contribution in [2.75, 3.05) is 19.7 Å². The second-order valence-corrected chi connectivity index (χ2v) is 5.69. The van der Waals surface area contributed by atoms with Crippen LogP contribution < -0.4 is 5.32 Å². The molecule has 1 fully saturated rings. The summed E-state index contributed by atoms with van der Waals surface area (Å²) in [5, 5.41) is 3.42. The lowest BCUT2D eigenvalue weighted by Crippen LogP contribution is -2.28. The molecule has 2 aliphatic rings. The third kappa shape index (κ3) is 3.16. The van der Waals surface area contributed by atoms with Crippen LogP contribution in [0.5, 0.6) is 0 Å². The number of nitrogens with one attached hydrogen (secondary N) is 1. The SMILES string of the molecule is CC1COC(c2ccc(CC3CCNCC3)cc2)=N1. The van der Waals surface area contributed by atoms with Gasteiger partial charge in [0.2, 0.25) is 5.90 Å². The molecule has 2 aliphatic heterocycles. The van der Waals surface area contributed by atoms with E-state index in [1.165, 1.54) is 37.9 Å². The third-order valence-electron chi connectivity index (χ3n) is 3.98. The molecule has 1 saturated heterocycles. The highest BCUT2D eigenvalue weighted by Gasteiger charge is 2.17. The number of benzene rings is 1. The monoisotopic (exact) mass is 258 g/mol. The molecule has 1 atom stereocenters. The van der Waals surface area contributed by atoms with E-state index in [4.69, 9.17) is 4.74 Å². The molecular formula is C16H22N2O. The molecule has 3 heteroatoms. The van der Waals surface area contributed by atoms with E-state index in [9.17, 15) is 0 Å². The van der Waals surface area contributed by atoms with Gasteiger partial charge in [0.15, 0.2) is 0 Å². The molecule has 1 unspecified atom stereocenters. The summed E-state index contributed by atoms with van der Waals surface area (Å²) >= 11 is 0. The summed E-state index contributed by atoms with van der Waals surface area (Å²) in [6.07, 6.45) is 3.80. The molecule has 2 heterocycles. The van der Waals surface area contributed by atoms with Gasteiger partial charge in [-0.3, -0.25) is 0 Å². The largest absolute Gasteiger partial charge is 0.475 e. The zero-order valence-corrected chi connectivity index (χ0v) is 11.6. The Hall–Kier alpha value is -1.35. The van der Waals surface area contributed by atoms with Crippen molar-refractivity contribution >= 4 is 5.90 Å². The minimum atomic E-state index is 0.296. The first-order chi connectivity index (χ1) is 9.31. The Balaban J connectivity index is 1.63. The van der Waals surface area contributed by atoms with Gasteiger partial charge in [0.25, 0.3) is 0 Å². The van der Waals surface area contributed by atoms with Crippen LogP contribution in [0.15, 0.2) is 29.3 Å². The molecule has 3 nitrogen and oxygen atoms in total. The molecule has 0 radical (unpaired) electrons. The fourth-order valence-electron chi connectivity index (χ4n) is 2.83. The van der Waals surface area contributed by atoms with Gasteiger partial charge in [-0.2, -0.15) is 0 Å². The van der Waals surface area contributed by atoms with Gasteiger partial charge in [0.05, 0.1) is 6.04 Å². The van der Waals surface area contributed by atoms with Gasteiger partial charge in [0, 0.05) is 5.56 Å². The van der Waals surface area contributed by atoms with E-state index in [1.54, 1.807) is 0 Å². The van der Waals surface area contributed by atoms with Crippen molar-refractivity contribution in [3.05, 3.63) is 35.4 Å². The number of aliphatic imine (C=N–C) groups is 1. The highest BCUT2D eigenvalue weighted by molar-refractivity contribution is 5.95. The normalized spacial score (nSPS) is 24.1. The Labute approximate surface area is 115 Å². The average molecular weight is 258 g/mol. The van der Waals surface area contributed by atoms with Crippen molar-refractivity contribution in [1.82, 2.24) is 5.32 Å². The molecule has 19 heavy (non-hydrogen) atoms. The third-order valence-corrected chi connectivity index (χ3v) is 3.98. The van der Waals surface area contributed by atoms with E-state index in [-0.39, 0.29) is 0 Å². The zero-order valence-electron chi connectivity index (χ0n) is 11.6. The number of piperidine rings is 1. The molecule has 1 aromatic carbocycles. The smallest absolute Gasteiger partial charge is 0.216 e. The van der Waals surface area contributed by atoms with E-state index < -0.39 is 0 Å². The molecule has 0 aliphatic carbocycles. The van der Waals surface area contributed by atoms with Gasteiger partial charge in [0.1, 0.15) is 6.61 Å².